The zero-order chi connectivity index (χ0) is 13.7. The van der Waals surface area contributed by atoms with Crippen LogP contribution in [0.5, 0.6) is 5.75 Å². The van der Waals surface area contributed by atoms with E-state index in [0.29, 0.717) is 18.0 Å². The molecule has 0 radical (unpaired) electrons. The molecule has 2 aromatic rings. The molecule has 2 amide bonds. The Labute approximate surface area is 118 Å². The first kappa shape index (κ1) is 13.4. The highest BCUT2D eigenvalue weighted by molar-refractivity contribution is 9.10. The zero-order valence-corrected chi connectivity index (χ0v) is 11.8. The molecule has 3 N–H and O–H groups in total. The van der Waals surface area contributed by atoms with Gasteiger partial charge in [0.1, 0.15) is 5.75 Å². The van der Waals surface area contributed by atoms with Crippen molar-refractivity contribution in [1.82, 2.24) is 15.5 Å². The largest absolute Gasteiger partial charge is 0.497 e. The van der Waals surface area contributed by atoms with Gasteiger partial charge in [-0.25, -0.2) is 4.79 Å². The molecular formula is C12H13BrN4O2. The Balaban J connectivity index is 1.89. The number of hydrogen-bond donors (Lipinski definition) is 3. The predicted molar refractivity (Wildman–Crippen MR) is 75.1 cm³/mol. The van der Waals surface area contributed by atoms with Crippen LogP contribution >= 0.6 is 15.9 Å². The van der Waals surface area contributed by atoms with Gasteiger partial charge in [-0.3, -0.25) is 5.10 Å². The molecule has 0 spiro atoms. The number of methoxy groups -OCH3 is 1. The smallest absolute Gasteiger partial charge is 0.319 e. The van der Waals surface area contributed by atoms with Crippen molar-refractivity contribution in [2.75, 3.05) is 12.4 Å². The van der Waals surface area contributed by atoms with Crippen LogP contribution in [0.4, 0.5) is 10.5 Å². The van der Waals surface area contributed by atoms with Gasteiger partial charge < -0.3 is 15.4 Å². The number of carbonyl (C=O) groups is 1. The number of aromatic amines is 1. The number of benzene rings is 1. The highest BCUT2D eigenvalue weighted by Gasteiger charge is 2.05. The summed E-state index contributed by atoms with van der Waals surface area (Å²) >= 11 is 3.32. The van der Waals surface area contributed by atoms with E-state index in [1.165, 1.54) is 0 Å². The molecule has 0 saturated heterocycles. The quantitative estimate of drug-likeness (QED) is 0.808. The number of carbonyl (C=O) groups excluding carboxylic acids is 1. The molecule has 0 fully saturated rings. The summed E-state index contributed by atoms with van der Waals surface area (Å²) in [6.45, 7) is 0.358. The molecule has 1 aromatic carbocycles. The molecule has 0 saturated carbocycles. The van der Waals surface area contributed by atoms with Crippen LogP contribution in [0.15, 0.2) is 34.9 Å². The van der Waals surface area contributed by atoms with Gasteiger partial charge >= 0.3 is 6.03 Å². The number of rotatable bonds is 4. The number of nitrogens with one attached hydrogen (secondary N) is 3. The van der Waals surface area contributed by atoms with Crippen LogP contribution in [0.1, 0.15) is 5.69 Å². The summed E-state index contributed by atoms with van der Waals surface area (Å²) in [6.07, 6.45) is 1.64. The third-order valence-electron chi connectivity index (χ3n) is 2.42. The fraction of sp³-hybridized carbons (Fsp3) is 0.167. The summed E-state index contributed by atoms with van der Waals surface area (Å²) in [4.78, 5) is 11.7. The number of aromatic nitrogens is 2. The molecule has 0 aliphatic heterocycles. The van der Waals surface area contributed by atoms with Gasteiger partial charge in [-0.15, -0.1) is 0 Å². The Morgan fingerprint density at radius 3 is 3.05 bits per heavy atom. The summed E-state index contributed by atoms with van der Waals surface area (Å²) in [7, 11) is 1.58. The van der Waals surface area contributed by atoms with Gasteiger partial charge in [0.05, 0.1) is 30.0 Å². The maximum absolute atomic E-state index is 11.7. The average Bonchev–Trinajstić information content (AvgIpc) is 2.82. The van der Waals surface area contributed by atoms with Crippen LogP contribution in [0, 0.1) is 0 Å². The van der Waals surface area contributed by atoms with Crippen molar-refractivity contribution in [3.63, 3.8) is 0 Å². The van der Waals surface area contributed by atoms with Crippen LogP contribution in [0.3, 0.4) is 0 Å². The number of H-pyrrole nitrogens is 1. The summed E-state index contributed by atoms with van der Waals surface area (Å²) in [5.41, 5.74) is 1.47. The standard InChI is InChI=1S/C12H13BrN4O2/c1-19-9-4-2-3-8(5-9)16-12(18)14-7-11-10(13)6-15-17-11/h2-6H,7H2,1H3,(H,15,17)(H2,14,16,18). The van der Waals surface area contributed by atoms with Crippen LogP contribution in [0.25, 0.3) is 0 Å². The number of anilines is 1. The summed E-state index contributed by atoms with van der Waals surface area (Å²) in [5, 5.41) is 12.1. The van der Waals surface area contributed by atoms with Gasteiger partial charge in [0.15, 0.2) is 0 Å². The van der Waals surface area contributed by atoms with Gasteiger partial charge in [-0.1, -0.05) is 6.07 Å². The lowest BCUT2D eigenvalue weighted by molar-refractivity contribution is 0.251. The highest BCUT2D eigenvalue weighted by atomic mass is 79.9. The van der Waals surface area contributed by atoms with Gasteiger partial charge in [0.2, 0.25) is 0 Å². The molecule has 0 bridgehead atoms. The lowest BCUT2D eigenvalue weighted by Crippen LogP contribution is -2.28. The minimum absolute atomic E-state index is 0.297. The second kappa shape index (κ2) is 6.24. The summed E-state index contributed by atoms with van der Waals surface area (Å²) in [5.74, 6) is 0.689. The van der Waals surface area contributed by atoms with Crippen molar-refractivity contribution in [3.8, 4) is 5.75 Å². The Kier molecular flexibility index (Phi) is 4.40. The Morgan fingerprint density at radius 1 is 1.53 bits per heavy atom. The summed E-state index contributed by atoms with van der Waals surface area (Å²) in [6, 6.07) is 6.85. The third-order valence-corrected chi connectivity index (χ3v) is 3.10. The maximum atomic E-state index is 11.7. The monoisotopic (exact) mass is 324 g/mol. The van der Waals surface area contributed by atoms with Crippen LogP contribution in [-0.4, -0.2) is 23.3 Å². The van der Waals surface area contributed by atoms with E-state index < -0.39 is 0 Å². The Bertz CT molecular complexity index is 570. The van der Waals surface area contributed by atoms with E-state index in [4.69, 9.17) is 4.74 Å². The van der Waals surface area contributed by atoms with Gasteiger partial charge in [-0.2, -0.15) is 5.10 Å². The molecule has 1 heterocycles. The minimum atomic E-state index is -0.297. The first-order valence-corrected chi connectivity index (χ1v) is 6.35. The van der Waals surface area contributed by atoms with Crippen molar-refractivity contribution in [1.29, 1.82) is 0 Å². The van der Waals surface area contributed by atoms with Crippen molar-refractivity contribution >= 4 is 27.6 Å². The molecule has 7 heteroatoms. The maximum Gasteiger partial charge on any atom is 0.319 e. The molecule has 0 atom stereocenters. The topological polar surface area (TPSA) is 79.0 Å². The average molecular weight is 325 g/mol. The molecule has 100 valence electrons. The SMILES string of the molecule is COc1cccc(NC(=O)NCc2[nH]ncc2Br)c1. The molecular weight excluding hydrogens is 312 g/mol. The second-order valence-corrected chi connectivity index (χ2v) is 4.59. The fourth-order valence-electron chi connectivity index (χ4n) is 1.47. The van der Waals surface area contributed by atoms with E-state index in [1.807, 2.05) is 6.07 Å². The fourth-order valence-corrected chi connectivity index (χ4v) is 1.80. The third kappa shape index (κ3) is 3.72. The summed E-state index contributed by atoms with van der Waals surface area (Å²) < 4.78 is 5.91. The van der Waals surface area contributed by atoms with Crippen molar-refractivity contribution in [2.24, 2.45) is 0 Å². The molecule has 2 rings (SSSR count). The number of ether oxygens (including phenoxy) is 1. The van der Waals surface area contributed by atoms with Crippen LogP contribution < -0.4 is 15.4 Å². The number of nitrogens with zero attached hydrogens (tertiary/aromatic N) is 1. The van der Waals surface area contributed by atoms with E-state index >= 15 is 0 Å². The van der Waals surface area contributed by atoms with Gasteiger partial charge in [-0.05, 0) is 28.1 Å². The molecule has 19 heavy (non-hydrogen) atoms. The van der Waals surface area contributed by atoms with Crippen molar-refractivity contribution in [2.45, 2.75) is 6.54 Å². The van der Waals surface area contributed by atoms with E-state index in [2.05, 4.69) is 36.8 Å². The minimum Gasteiger partial charge on any atom is -0.497 e. The number of halogens is 1. The van der Waals surface area contributed by atoms with E-state index in [1.54, 1.807) is 31.5 Å². The molecule has 6 nitrogen and oxygen atoms in total. The number of urea groups is 1. The second-order valence-electron chi connectivity index (χ2n) is 3.74. The predicted octanol–water partition coefficient (Wildman–Crippen LogP) is 2.50. The van der Waals surface area contributed by atoms with E-state index in [-0.39, 0.29) is 6.03 Å². The Morgan fingerprint density at radius 2 is 2.37 bits per heavy atom. The van der Waals surface area contributed by atoms with Crippen molar-refractivity contribution in [3.05, 3.63) is 40.6 Å². The van der Waals surface area contributed by atoms with Gasteiger partial charge in [0.25, 0.3) is 0 Å². The molecule has 0 unspecified atom stereocenters. The zero-order valence-electron chi connectivity index (χ0n) is 10.2. The first-order valence-electron chi connectivity index (χ1n) is 5.55. The van der Waals surface area contributed by atoms with E-state index in [9.17, 15) is 4.79 Å². The highest BCUT2D eigenvalue weighted by Crippen LogP contribution is 2.16. The van der Waals surface area contributed by atoms with Crippen LogP contribution in [-0.2, 0) is 6.54 Å². The molecule has 1 aromatic heterocycles. The first-order chi connectivity index (χ1) is 9.19. The van der Waals surface area contributed by atoms with Crippen molar-refractivity contribution < 1.29 is 9.53 Å². The number of hydrogen-bond acceptors (Lipinski definition) is 3. The lowest BCUT2D eigenvalue weighted by atomic mass is 10.3. The lowest BCUT2D eigenvalue weighted by Gasteiger charge is -2.08. The number of amides is 2. The molecule has 0 aliphatic rings. The van der Waals surface area contributed by atoms with E-state index in [0.717, 1.165) is 10.2 Å². The Hall–Kier alpha value is -2.02. The van der Waals surface area contributed by atoms with Crippen LogP contribution in [0.2, 0.25) is 0 Å². The normalized spacial score (nSPS) is 10.0. The van der Waals surface area contributed by atoms with Gasteiger partial charge in [0, 0.05) is 11.8 Å². The molecule has 0 aliphatic carbocycles.